The molecule has 0 radical (unpaired) electrons. The lowest BCUT2D eigenvalue weighted by Crippen LogP contribution is -2.40. The van der Waals surface area contributed by atoms with E-state index in [9.17, 15) is 10.0 Å². The van der Waals surface area contributed by atoms with E-state index < -0.39 is 0 Å². The molecule has 5 nitrogen and oxygen atoms in total. The molecule has 1 saturated heterocycles. The van der Waals surface area contributed by atoms with Gasteiger partial charge in [-0.15, -0.1) is 0 Å². The number of aromatic nitrogens is 1. The monoisotopic (exact) mass is 345 g/mol. The Labute approximate surface area is 146 Å². The third-order valence-corrected chi connectivity index (χ3v) is 4.64. The van der Waals surface area contributed by atoms with E-state index in [0.717, 1.165) is 30.2 Å². The molecule has 1 aliphatic rings. The molecule has 1 aromatic carbocycles. The number of hydrogen-bond acceptors (Lipinski definition) is 3. The number of hydrogen-bond donors (Lipinski definition) is 1. The van der Waals surface area contributed by atoms with E-state index in [1.807, 2.05) is 18.2 Å². The Morgan fingerprint density at radius 3 is 3.04 bits per heavy atom. The highest BCUT2D eigenvalue weighted by molar-refractivity contribution is 6.30. The Kier molecular flexibility index (Phi) is 4.90. The summed E-state index contributed by atoms with van der Waals surface area (Å²) in [6.07, 6.45) is 2.33. The van der Waals surface area contributed by atoms with Gasteiger partial charge in [0, 0.05) is 42.5 Å². The molecule has 1 amide bonds. The summed E-state index contributed by atoms with van der Waals surface area (Å²) in [7, 11) is 0. The van der Waals surface area contributed by atoms with Gasteiger partial charge in [-0.1, -0.05) is 17.7 Å². The van der Waals surface area contributed by atoms with Crippen LogP contribution in [0.3, 0.4) is 0 Å². The van der Waals surface area contributed by atoms with Gasteiger partial charge in [0.1, 0.15) is 0 Å². The number of pyridine rings is 1. The van der Waals surface area contributed by atoms with Crippen molar-refractivity contribution in [1.29, 1.82) is 0 Å². The number of nitrogens with one attached hydrogen (secondary N) is 1. The highest BCUT2D eigenvalue weighted by Gasteiger charge is 2.25. The van der Waals surface area contributed by atoms with Crippen LogP contribution in [0, 0.1) is 18.0 Å². The van der Waals surface area contributed by atoms with Gasteiger partial charge in [0.2, 0.25) is 0 Å². The first-order valence-corrected chi connectivity index (χ1v) is 8.40. The predicted molar refractivity (Wildman–Crippen MR) is 94.2 cm³/mol. The molecule has 6 heteroatoms. The molecular weight excluding hydrogens is 326 g/mol. The molecule has 0 saturated carbocycles. The molecule has 1 fully saturated rings. The number of rotatable bonds is 4. The Balaban J connectivity index is 1.58. The zero-order valence-corrected chi connectivity index (χ0v) is 14.3. The van der Waals surface area contributed by atoms with Crippen molar-refractivity contribution in [2.24, 2.45) is 5.92 Å². The molecule has 0 spiro atoms. The molecule has 1 N–H and O–H groups in total. The first-order valence-electron chi connectivity index (χ1n) is 8.02. The second-order valence-electron chi connectivity index (χ2n) is 6.15. The summed E-state index contributed by atoms with van der Waals surface area (Å²) < 4.78 is 0.589. The molecular formula is C18H20ClN3O2. The van der Waals surface area contributed by atoms with Crippen LogP contribution in [0.15, 0.2) is 42.6 Å². The van der Waals surface area contributed by atoms with Gasteiger partial charge in [-0.05, 0) is 43.0 Å². The summed E-state index contributed by atoms with van der Waals surface area (Å²) in [4.78, 5) is 14.4. The van der Waals surface area contributed by atoms with E-state index >= 15 is 0 Å². The van der Waals surface area contributed by atoms with E-state index in [2.05, 4.69) is 17.1 Å². The molecule has 3 rings (SSSR count). The minimum atomic E-state index is -0.331. The van der Waals surface area contributed by atoms with Crippen LogP contribution < -0.4 is 14.9 Å². The third kappa shape index (κ3) is 3.62. The SMILES string of the molecule is Cc1ccc(Cl)cc1N1CCC(CNC(=O)c2cccc[n+]2[O-])C1. The van der Waals surface area contributed by atoms with E-state index in [0.29, 0.717) is 17.2 Å². The number of amides is 1. The second kappa shape index (κ2) is 7.09. The van der Waals surface area contributed by atoms with Crippen LogP contribution in [0.4, 0.5) is 5.69 Å². The van der Waals surface area contributed by atoms with Crippen molar-refractivity contribution < 1.29 is 9.52 Å². The number of carbonyl (C=O) groups excluding carboxylic acids is 1. The van der Waals surface area contributed by atoms with Crippen molar-refractivity contribution in [3.8, 4) is 0 Å². The van der Waals surface area contributed by atoms with Crippen molar-refractivity contribution in [3.05, 3.63) is 64.1 Å². The van der Waals surface area contributed by atoms with Gasteiger partial charge >= 0.3 is 5.91 Å². The molecule has 1 aromatic heterocycles. The number of halogens is 1. The Morgan fingerprint density at radius 2 is 2.25 bits per heavy atom. The van der Waals surface area contributed by atoms with Crippen LogP contribution in [0.5, 0.6) is 0 Å². The minimum Gasteiger partial charge on any atom is -0.618 e. The third-order valence-electron chi connectivity index (χ3n) is 4.41. The van der Waals surface area contributed by atoms with Gasteiger partial charge in [0.05, 0.1) is 0 Å². The zero-order valence-electron chi connectivity index (χ0n) is 13.5. The Morgan fingerprint density at radius 1 is 1.42 bits per heavy atom. The molecule has 0 bridgehead atoms. The average Bonchev–Trinajstić information content (AvgIpc) is 3.04. The molecule has 1 unspecified atom stereocenters. The lowest BCUT2D eigenvalue weighted by Gasteiger charge is -2.21. The van der Waals surface area contributed by atoms with Gasteiger partial charge in [0.15, 0.2) is 6.20 Å². The van der Waals surface area contributed by atoms with Crippen LogP contribution >= 0.6 is 11.6 Å². The normalized spacial score (nSPS) is 17.1. The summed E-state index contributed by atoms with van der Waals surface area (Å²) >= 11 is 6.10. The fraction of sp³-hybridized carbons (Fsp3) is 0.333. The quantitative estimate of drug-likeness (QED) is 0.684. The summed E-state index contributed by atoms with van der Waals surface area (Å²) in [6, 6.07) is 10.7. The first-order chi connectivity index (χ1) is 11.5. The van der Waals surface area contributed by atoms with Gasteiger partial charge in [-0.25, -0.2) is 0 Å². The lowest BCUT2D eigenvalue weighted by molar-refractivity contribution is -0.607. The van der Waals surface area contributed by atoms with Crippen molar-refractivity contribution in [1.82, 2.24) is 5.32 Å². The highest BCUT2D eigenvalue weighted by atomic mass is 35.5. The van der Waals surface area contributed by atoms with Crippen molar-refractivity contribution in [3.63, 3.8) is 0 Å². The van der Waals surface area contributed by atoms with Gasteiger partial charge in [0.25, 0.3) is 5.69 Å². The molecule has 2 aromatic rings. The number of anilines is 1. The van der Waals surface area contributed by atoms with Crippen LogP contribution in [-0.4, -0.2) is 25.5 Å². The number of carbonyl (C=O) groups is 1. The molecule has 24 heavy (non-hydrogen) atoms. The first kappa shape index (κ1) is 16.6. The predicted octanol–water partition coefficient (Wildman–Crippen LogP) is 2.54. The molecule has 126 valence electrons. The maximum Gasteiger partial charge on any atom is 0.317 e. The molecule has 0 aliphatic carbocycles. The largest absolute Gasteiger partial charge is 0.618 e. The fourth-order valence-corrected chi connectivity index (χ4v) is 3.24. The number of nitrogens with zero attached hydrogens (tertiary/aromatic N) is 2. The van der Waals surface area contributed by atoms with E-state index in [1.165, 1.54) is 17.8 Å². The maximum absolute atomic E-state index is 12.1. The zero-order chi connectivity index (χ0) is 17.1. The van der Waals surface area contributed by atoms with Crippen molar-refractivity contribution in [2.45, 2.75) is 13.3 Å². The van der Waals surface area contributed by atoms with Crippen molar-refractivity contribution in [2.75, 3.05) is 24.5 Å². The Bertz CT molecular complexity index is 751. The maximum atomic E-state index is 12.1. The van der Waals surface area contributed by atoms with Gasteiger partial charge in [-0.2, -0.15) is 4.73 Å². The standard InChI is InChI=1S/C18H20ClN3O2/c1-13-5-6-15(19)10-17(13)21-9-7-14(12-21)11-20-18(23)16-4-2-3-8-22(16)24/h2-6,8,10,14H,7,9,11-12H2,1H3,(H,20,23). The summed E-state index contributed by atoms with van der Waals surface area (Å²) in [5.74, 6) is 0.0270. The van der Waals surface area contributed by atoms with E-state index in [1.54, 1.807) is 12.1 Å². The van der Waals surface area contributed by atoms with Crippen LogP contribution in [0.25, 0.3) is 0 Å². The van der Waals surface area contributed by atoms with E-state index in [-0.39, 0.29) is 11.6 Å². The summed E-state index contributed by atoms with van der Waals surface area (Å²) in [5, 5.41) is 15.2. The van der Waals surface area contributed by atoms with Crippen molar-refractivity contribution >= 4 is 23.2 Å². The summed E-state index contributed by atoms with van der Waals surface area (Å²) in [5.41, 5.74) is 2.47. The summed E-state index contributed by atoms with van der Waals surface area (Å²) in [6.45, 7) is 4.44. The number of aryl methyl sites for hydroxylation is 1. The van der Waals surface area contributed by atoms with Crippen LogP contribution in [0.2, 0.25) is 5.02 Å². The lowest BCUT2D eigenvalue weighted by atomic mass is 10.1. The van der Waals surface area contributed by atoms with E-state index in [4.69, 9.17) is 11.6 Å². The smallest absolute Gasteiger partial charge is 0.317 e. The topological polar surface area (TPSA) is 59.3 Å². The van der Waals surface area contributed by atoms with Gasteiger partial charge in [-0.3, -0.25) is 4.79 Å². The molecule has 1 atom stereocenters. The highest BCUT2D eigenvalue weighted by Crippen LogP contribution is 2.29. The fourth-order valence-electron chi connectivity index (χ4n) is 3.07. The van der Waals surface area contributed by atoms with Crippen LogP contribution in [0.1, 0.15) is 22.5 Å². The number of benzene rings is 1. The second-order valence-corrected chi connectivity index (χ2v) is 6.59. The van der Waals surface area contributed by atoms with Crippen LogP contribution in [-0.2, 0) is 0 Å². The molecule has 2 heterocycles. The average molecular weight is 346 g/mol. The molecule has 1 aliphatic heterocycles. The minimum absolute atomic E-state index is 0.123. The Hall–Kier alpha value is -2.27. The van der Waals surface area contributed by atoms with Gasteiger partial charge < -0.3 is 15.4 Å².